The van der Waals surface area contributed by atoms with Crippen molar-refractivity contribution in [1.82, 2.24) is 0 Å². The predicted octanol–water partition coefficient (Wildman–Crippen LogP) is 6.57. The summed E-state index contributed by atoms with van der Waals surface area (Å²) < 4.78 is 6.43. The van der Waals surface area contributed by atoms with Crippen molar-refractivity contribution in [2.45, 2.75) is 103 Å². The van der Waals surface area contributed by atoms with E-state index >= 15 is 0 Å². The van der Waals surface area contributed by atoms with Crippen molar-refractivity contribution < 1.29 is 14.9 Å². The lowest BCUT2D eigenvalue weighted by Crippen LogP contribution is -2.45. The zero-order valence-electron chi connectivity index (χ0n) is 18.3. The maximum Gasteiger partial charge on any atom is 0.127 e. The Morgan fingerprint density at radius 2 is 1.93 bits per heavy atom. The summed E-state index contributed by atoms with van der Waals surface area (Å²) in [6.07, 6.45) is 10.1. The quantitative estimate of drug-likeness (QED) is 0.411. The molecule has 0 amide bonds. The highest BCUT2D eigenvalue weighted by molar-refractivity contribution is 5.53. The molecule has 3 nitrogen and oxygen atoms in total. The molecule has 1 aromatic rings. The molecule has 0 radical (unpaired) electrons. The highest BCUT2D eigenvalue weighted by Crippen LogP contribution is 2.55. The molecule has 2 unspecified atom stereocenters. The topological polar surface area (TPSA) is 49.7 Å². The Morgan fingerprint density at radius 3 is 2.61 bits per heavy atom. The molecule has 0 saturated carbocycles. The van der Waals surface area contributed by atoms with Crippen LogP contribution in [0.2, 0.25) is 0 Å². The lowest BCUT2D eigenvalue weighted by Gasteiger charge is -2.47. The van der Waals surface area contributed by atoms with Crippen molar-refractivity contribution >= 4 is 0 Å². The number of benzene rings is 1. The predicted molar refractivity (Wildman–Crippen MR) is 115 cm³/mol. The van der Waals surface area contributed by atoms with Gasteiger partial charge < -0.3 is 14.9 Å². The molecule has 0 saturated heterocycles. The van der Waals surface area contributed by atoms with E-state index in [-0.39, 0.29) is 17.3 Å². The van der Waals surface area contributed by atoms with Gasteiger partial charge in [-0.25, -0.2) is 0 Å². The van der Waals surface area contributed by atoms with E-state index in [4.69, 9.17) is 4.74 Å². The first kappa shape index (κ1) is 21.2. The Labute approximate surface area is 170 Å². The van der Waals surface area contributed by atoms with E-state index in [2.05, 4.69) is 33.8 Å². The van der Waals surface area contributed by atoms with Crippen molar-refractivity contribution in [1.29, 1.82) is 0 Å². The molecule has 3 heteroatoms. The normalized spacial score (nSPS) is 25.1. The van der Waals surface area contributed by atoms with Gasteiger partial charge in [0.05, 0.1) is 5.60 Å². The van der Waals surface area contributed by atoms with E-state index in [1.807, 2.05) is 13.0 Å². The summed E-state index contributed by atoms with van der Waals surface area (Å²) in [7, 11) is 0. The Balaban J connectivity index is 1.96. The summed E-state index contributed by atoms with van der Waals surface area (Å²) in [6, 6.07) is 3.80. The summed E-state index contributed by atoms with van der Waals surface area (Å²) in [6.45, 7) is 10.7. The van der Waals surface area contributed by atoms with E-state index in [9.17, 15) is 10.2 Å². The fourth-order valence-electron chi connectivity index (χ4n) is 5.20. The van der Waals surface area contributed by atoms with Gasteiger partial charge in [-0.2, -0.15) is 0 Å². The molecular formula is C25H38O3. The molecule has 1 aliphatic carbocycles. The largest absolute Gasteiger partial charge is 0.508 e. The molecular weight excluding hydrogens is 348 g/mol. The lowest BCUT2D eigenvalue weighted by atomic mass is 9.67. The molecule has 1 heterocycles. The highest BCUT2D eigenvalue weighted by atomic mass is 16.5. The number of ether oxygens (including phenoxy) is 1. The fourth-order valence-corrected chi connectivity index (χ4v) is 5.20. The van der Waals surface area contributed by atoms with Crippen LogP contribution in [0.25, 0.3) is 0 Å². The average Bonchev–Trinajstić information content (AvgIpc) is 2.63. The number of allylic oxidation sites excluding steroid dienone is 2. The third-order valence-electron chi connectivity index (χ3n) is 7.07. The first-order valence-electron chi connectivity index (χ1n) is 11.2. The second-order valence-electron chi connectivity index (χ2n) is 9.51. The van der Waals surface area contributed by atoms with Gasteiger partial charge in [0, 0.05) is 17.4 Å². The first-order chi connectivity index (χ1) is 13.2. The van der Waals surface area contributed by atoms with Crippen molar-refractivity contribution in [3.05, 3.63) is 34.9 Å². The maximum atomic E-state index is 11.3. The van der Waals surface area contributed by atoms with Crippen LogP contribution in [0.4, 0.5) is 0 Å². The molecule has 0 spiro atoms. The standard InChI is InChI=1S/C25H38O3/c1-6-8-9-10-13-25(27,7-2)18-15-21(26)23-19-14-17(3)11-12-20(19)24(4,5)28-22(23)16-18/h11,15-16,19-20,26-27H,6-10,12-14H2,1-5H3/t19-,20?,25?/m1/s1. The minimum absolute atomic E-state index is 0.275. The van der Waals surface area contributed by atoms with Gasteiger partial charge >= 0.3 is 0 Å². The molecule has 156 valence electrons. The highest BCUT2D eigenvalue weighted by Gasteiger charge is 2.46. The minimum Gasteiger partial charge on any atom is -0.508 e. The van der Waals surface area contributed by atoms with Crippen molar-refractivity contribution in [3.63, 3.8) is 0 Å². The van der Waals surface area contributed by atoms with Gasteiger partial charge in [0.1, 0.15) is 17.1 Å². The van der Waals surface area contributed by atoms with Crippen LogP contribution < -0.4 is 4.74 Å². The Bertz CT molecular complexity index is 734. The maximum absolute atomic E-state index is 11.3. The van der Waals surface area contributed by atoms with Crippen LogP contribution in [-0.4, -0.2) is 15.8 Å². The number of phenolic OH excluding ortho intramolecular Hbond substituents is 1. The number of phenols is 1. The zero-order valence-corrected chi connectivity index (χ0v) is 18.3. The number of aromatic hydroxyl groups is 1. The number of fused-ring (bicyclic) bond motifs is 3. The van der Waals surface area contributed by atoms with E-state index in [0.29, 0.717) is 12.3 Å². The Kier molecular flexibility index (Phi) is 6.14. The monoisotopic (exact) mass is 386 g/mol. The summed E-state index contributed by atoms with van der Waals surface area (Å²) in [5, 5.41) is 22.3. The van der Waals surface area contributed by atoms with Crippen molar-refractivity contribution in [3.8, 4) is 11.5 Å². The van der Waals surface area contributed by atoms with Crippen LogP contribution in [0.15, 0.2) is 23.8 Å². The second kappa shape index (κ2) is 8.10. The van der Waals surface area contributed by atoms with E-state index < -0.39 is 5.60 Å². The number of aliphatic hydroxyl groups is 1. The molecule has 3 atom stereocenters. The lowest BCUT2D eigenvalue weighted by molar-refractivity contribution is 0.00336. The van der Waals surface area contributed by atoms with Crippen LogP contribution in [0.3, 0.4) is 0 Å². The van der Waals surface area contributed by atoms with Gasteiger partial charge in [-0.1, -0.05) is 51.2 Å². The second-order valence-corrected chi connectivity index (χ2v) is 9.51. The van der Waals surface area contributed by atoms with Crippen molar-refractivity contribution in [2.75, 3.05) is 0 Å². The first-order valence-corrected chi connectivity index (χ1v) is 11.2. The van der Waals surface area contributed by atoms with Gasteiger partial charge in [0.25, 0.3) is 0 Å². The van der Waals surface area contributed by atoms with Crippen LogP contribution in [-0.2, 0) is 5.60 Å². The molecule has 2 aliphatic rings. The van der Waals surface area contributed by atoms with E-state index in [1.54, 1.807) is 6.07 Å². The molecule has 0 fully saturated rings. The Morgan fingerprint density at radius 1 is 1.18 bits per heavy atom. The Hall–Kier alpha value is -1.48. The van der Waals surface area contributed by atoms with Gasteiger partial charge in [0.2, 0.25) is 0 Å². The van der Waals surface area contributed by atoms with Crippen molar-refractivity contribution in [2.24, 2.45) is 5.92 Å². The summed E-state index contributed by atoms with van der Waals surface area (Å²) in [5.41, 5.74) is 1.91. The summed E-state index contributed by atoms with van der Waals surface area (Å²) in [4.78, 5) is 0. The molecule has 28 heavy (non-hydrogen) atoms. The number of hydrogen-bond acceptors (Lipinski definition) is 3. The smallest absolute Gasteiger partial charge is 0.127 e. The zero-order chi connectivity index (χ0) is 20.5. The van der Waals surface area contributed by atoms with Crippen LogP contribution >= 0.6 is 0 Å². The molecule has 0 aromatic heterocycles. The third kappa shape index (κ3) is 3.96. The SMILES string of the molecule is CCCCCCC(O)(CC)c1cc(O)c2c(c1)OC(C)(C)C1CC=C(C)C[C@@H]21. The average molecular weight is 387 g/mol. The van der Waals surface area contributed by atoms with Crippen LogP contribution in [0.1, 0.15) is 103 Å². The molecule has 0 bridgehead atoms. The summed E-state index contributed by atoms with van der Waals surface area (Å²) in [5.74, 6) is 1.68. The fraction of sp³-hybridized carbons (Fsp3) is 0.680. The molecule has 1 aromatic carbocycles. The third-order valence-corrected chi connectivity index (χ3v) is 7.07. The van der Waals surface area contributed by atoms with E-state index in [0.717, 1.165) is 49.0 Å². The van der Waals surface area contributed by atoms with Gasteiger partial charge in [-0.05, 0) is 64.2 Å². The minimum atomic E-state index is -0.910. The number of unbranched alkanes of at least 4 members (excludes halogenated alkanes) is 3. The molecule has 3 rings (SSSR count). The molecule has 2 N–H and O–H groups in total. The van der Waals surface area contributed by atoms with Gasteiger partial charge in [0.15, 0.2) is 0 Å². The van der Waals surface area contributed by atoms with Crippen LogP contribution in [0.5, 0.6) is 11.5 Å². The van der Waals surface area contributed by atoms with E-state index in [1.165, 1.54) is 18.4 Å². The number of hydrogen-bond donors (Lipinski definition) is 2. The van der Waals surface area contributed by atoms with Crippen LogP contribution in [0, 0.1) is 5.92 Å². The summed E-state index contributed by atoms with van der Waals surface area (Å²) >= 11 is 0. The van der Waals surface area contributed by atoms with Gasteiger partial charge in [-0.3, -0.25) is 0 Å². The number of rotatable bonds is 7. The molecule has 1 aliphatic heterocycles. The van der Waals surface area contributed by atoms with Gasteiger partial charge in [-0.15, -0.1) is 0 Å².